The minimum atomic E-state index is -0.238. The first-order valence-electron chi connectivity index (χ1n) is 8.54. The second-order valence-electron chi connectivity index (χ2n) is 6.31. The Bertz CT molecular complexity index is 325. The fourth-order valence-corrected chi connectivity index (χ4v) is 3.45. The van der Waals surface area contributed by atoms with E-state index in [0.29, 0.717) is 6.54 Å². The molecule has 0 aromatic carbocycles. The summed E-state index contributed by atoms with van der Waals surface area (Å²) >= 11 is 0. The molecule has 0 aromatic heterocycles. The second-order valence-corrected chi connectivity index (χ2v) is 6.31. The lowest BCUT2D eigenvalue weighted by atomic mass is 9.95. The van der Waals surface area contributed by atoms with E-state index in [0.717, 1.165) is 57.8 Å². The number of piperidine rings is 1. The highest BCUT2D eigenvalue weighted by Gasteiger charge is 2.34. The SMILES string of the molecule is CCN(CC)CC1CCN(C(=O)[C@@H]2CC[C@H](CN)O2)CC1. The van der Waals surface area contributed by atoms with Crippen LogP contribution in [0.1, 0.15) is 39.5 Å². The number of hydrogen-bond donors (Lipinski definition) is 1. The Kier molecular flexibility index (Phi) is 6.45. The molecule has 2 N–H and O–H groups in total. The molecule has 2 fully saturated rings. The standard InChI is InChI=1S/C16H31N3O2/c1-3-18(4-2)12-13-7-9-19(10-8-13)16(20)15-6-5-14(11-17)21-15/h13-15H,3-12,17H2,1-2H3/t14-,15+/m1/s1. The topological polar surface area (TPSA) is 58.8 Å². The summed E-state index contributed by atoms with van der Waals surface area (Å²) in [5.74, 6) is 0.919. The summed E-state index contributed by atoms with van der Waals surface area (Å²) < 4.78 is 5.73. The lowest BCUT2D eigenvalue weighted by molar-refractivity contribution is -0.144. The summed E-state index contributed by atoms with van der Waals surface area (Å²) in [6.45, 7) is 10.1. The Morgan fingerprint density at radius 2 is 1.86 bits per heavy atom. The van der Waals surface area contributed by atoms with Gasteiger partial charge in [-0.05, 0) is 44.7 Å². The predicted octanol–water partition coefficient (Wildman–Crippen LogP) is 1.07. The molecule has 2 aliphatic rings. The van der Waals surface area contributed by atoms with Gasteiger partial charge in [-0.1, -0.05) is 13.8 Å². The third-order valence-electron chi connectivity index (χ3n) is 4.98. The first kappa shape index (κ1) is 16.7. The number of carbonyl (C=O) groups is 1. The molecular weight excluding hydrogens is 266 g/mol. The molecule has 21 heavy (non-hydrogen) atoms. The monoisotopic (exact) mass is 297 g/mol. The molecule has 0 aliphatic carbocycles. The number of amides is 1. The number of carbonyl (C=O) groups excluding carboxylic acids is 1. The molecule has 0 radical (unpaired) electrons. The molecule has 5 nitrogen and oxygen atoms in total. The van der Waals surface area contributed by atoms with Gasteiger partial charge in [0, 0.05) is 26.2 Å². The minimum Gasteiger partial charge on any atom is -0.364 e. The molecule has 1 amide bonds. The van der Waals surface area contributed by atoms with E-state index in [9.17, 15) is 4.79 Å². The summed E-state index contributed by atoms with van der Waals surface area (Å²) in [5, 5.41) is 0. The minimum absolute atomic E-state index is 0.0826. The molecule has 5 heteroatoms. The van der Waals surface area contributed by atoms with E-state index in [-0.39, 0.29) is 18.1 Å². The van der Waals surface area contributed by atoms with Crippen molar-refractivity contribution in [3.63, 3.8) is 0 Å². The molecule has 0 unspecified atom stereocenters. The lowest BCUT2D eigenvalue weighted by Crippen LogP contribution is -2.45. The van der Waals surface area contributed by atoms with Crippen LogP contribution < -0.4 is 5.73 Å². The predicted molar refractivity (Wildman–Crippen MR) is 84.0 cm³/mol. The fourth-order valence-electron chi connectivity index (χ4n) is 3.45. The molecule has 0 aromatic rings. The van der Waals surface area contributed by atoms with Crippen LogP contribution in [0.5, 0.6) is 0 Å². The Morgan fingerprint density at radius 1 is 1.19 bits per heavy atom. The zero-order valence-corrected chi connectivity index (χ0v) is 13.6. The number of likely N-dealkylation sites (tertiary alicyclic amines) is 1. The van der Waals surface area contributed by atoms with Crippen molar-refractivity contribution in [3.8, 4) is 0 Å². The molecule has 0 bridgehead atoms. The van der Waals surface area contributed by atoms with Gasteiger partial charge < -0.3 is 20.3 Å². The maximum atomic E-state index is 12.5. The first-order valence-corrected chi connectivity index (χ1v) is 8.54. The van der Waals surface area contributed by atoms with Crippen LogP contribution in [0.4, 0.5) is 0 Å². The number of rotatable bonds is 6. The molecule has 0 saturated carbocycles. The highest BCUT2D eigenvalue weighted by atomic mass is 16.5. The Labute approximate surface area is 128 Å². The van der Waals surface area contributed by atoms with Gasteiger partial charge in [-0.15, -0.1) is 0 Å². The third-order valence-corrected chi connectivity index (χ3v) is 4.98. The van der Waals surface area contributed by atoms with Gasteiger partial charge in [0.05, 0.1) is 6.10 Å². The van der Waals surface area contributed by atoms with E-state index < -0.39 is 0 Å². The van der Waals surface area contributed by atoms with Crippen molar-refractivity contribution in [3.05, 3.63) is 0 Å². The molecule has 0 spiro atoms. The van der Waals surface area contributed by atoms with E-state index in [2.05, 4.69) is 18.7 Å². The summed E-state index contributed by atoms with van der Waals surface area (Å²) in [7, 11) is 0. The molecule has 122 valence electrons. The van der Waals surface area contributed by atoms with Gasteiger partial charge in [-0.2, -0.15) is 0 Å². The van der Waals surface area contributed by atoms with Gasteiger partial charge in [-0.25, -0.2) is 0 Å². The summed E-state index contributed by atoms with van der Waals surface area (Å²) in [6.07, 6.45) is 3.84. The van der Waals surface area contributed by atoms with Gasteiger partial charge in [0.25, 0.3) is 5.91 Å². The molecule has 2 heterocycles. The van der Waals surface area contributed by atoms with Crippen LogP contribution in [0.2, 0.25) is 0 Å². The Balaban J connectivity index is 1.74. The highest BCUT2D eigenvalue weighted by molar-refractivity contribution is 5.81. The van der Waals surface area contributed by atoms with Crippen LogP contribution in [-0.2, 0) is 9.53 Å². The van der Waals surface area contributed by atoms with Gasteiger partial charge in [0.2, 0.25) is 0 Å². The van der Waals surface area contributed by atoms with E-state index in [1.54, 1.807) is 0 Å². The van der Waals surface area contributed by atoms with Crippen LogP contribution in [0, 0.1) is 5.92 Å². The number of nitrogens with zero attached hydrogens (tertiary/aromatic N) is 2. The van der Waals surface area contributed by atoms with Crippen molar-refractivity contribution in [1.29, 1.82) is 0 Å². The third kappa shape index (κ3) is 4.41. The number of nitrogens with two attached hydrogens (primary N) is 1. The fraction of sp³-hybridized carbons (Fsp3) is 0.938. The average Bonchev–Trinajstić information content (AvgIpc) is 3.01. The average molecular weight is 297 g/mol. The first-order chi connectivity index (χ1) is 10.2. The zero-order chi connectivity index (χ0) is 15.2. The maximum absolute atomic E-state index is 12.5. The van der Waals surface area contributed by atoms with Crippen molar-refractivity contribution < 1.29 is 9.53 Å². The van der Waals surface area contributed by atoms with E-state index >= 15 is 0 Å². The van der Waals surface area contributed by atoms with Crippen molar-refractivity contribution >= 4 is 5.91 Å². The van der Waals surface area contributed by atoms with Crippen LogP contribution in [0.25, 0.3) is 0 Å². The number of hydrogen-bond acceptors (Lipinski definition) is 4. The summed E-state index contributed by atoms with van der Waals surface area (Å²) in [4.78, 5) is 16.9. The van der Waals surface area contributed by atoms with Gasteiger partial charge >= 0.3 is 0 Å². The largest absolute Gasteiger partial charge is 0.364 e. The van der Waals surface area contributed by atoms with Gasteiger partial charge in [-0.3, -0.25) is 4.79 Å². The van der Waals surface area contributed by atoms with E-state index in [1.165, 1.54) is 6.54 Å². The smallest absolute Gasteiger partial charge is 0.251 e. The highest BCUT2D eigenvalue weighted by Crippen LogP contribution is 2.24. The summed E-state index contributed by atoms with van der Waals surface area (Å²) in [6, 6.07) is 0. The maximum Gasteiger partial charge on any atom is 0.251 e. The molecule has 2 aliphatic heterocycles. The lowest BCUT2D eigenvalue weighted by Gasteiger charge is -2.35. The molecule has 2 rings (SSSR count). The van der Waals surface area contributed by atoms with Crippen molar-refractivity contribution in [2.24, 2.45) is 11.7 Å². The molecule has 2 atom stereocenters. The van der Waals surface area contributed by atoms with Crippen LogP contribution >= 0.6 is 0 Å². The summed E-state index contributed by atoms with van der Waals surface area (Å²) in [5.41, 5.74) is 5.61. The quantitative estimate of drug-likeness (QED) is 0.797. The van der Waals surface area contributed by atoms with Gasteiger partial charge in [0.1, 0.15) is 6.10 Å². The molecule has 2 saturated heterocycles. The van der Waals surface area contributed by atoms with Crippen molar-refractivity contribution in [2.75, 3.05) is 39.3 Å². The van der Waals surface area contributed by atoms with Crippen molar-refractivity contribution in [1.82, 2.24) is 9.80 Å². The van der Waals surface area contributed by atoms with Crippen LogP contribution in [0.15, 0.2) is 0 Å². The Morgan fingerprint density at radius 3 is 2.38 bits per heavy atom. The zero-order valence-electron chi connectivity index (χ0n) is 13.6. The Hall–Kier alpha value is -0.650. The van der Waals surface area contributed by atoms with Crippen LogP contribution in [-0.4, -0.2) is 67.2 Å². The molecular formula is C16H31N3O2. The normalized spacial score (nSPS) is 27.5. The van der Waals surface area contributed by atoms with Crippen LogP contribution in [0.3, 0.4) is 0 Å². The second kappa shape index (κ2) is 8.11. The van der Waals surface area contributed by atoms with E-state index in [1.807, 2.05) is 4.90 Å². The number of ether oxygens (including phenoxy) is 1. The van der Waals surface area contributed by atoms with E-state index in [4.69, 9.17) is 10.5 Å². The van der Waals surface area contributed by atoms with Crippen molar-refractivity contribution in [2.45, 2.75) is 51.7 Å². The van der Waals surface area contributed by atoms with Gasteiger partial charge in [0.15, 0.2) is 0 Å².